The van der Waals surface area contributed by atoms with Crippen molar-refractivity contribution in [3.05, 3.63) is 42.0 Å². The zero-order valence-electron chi connectivity index (χ0n) is 16.0. The Labute approximate surface area is 164 Å². The van der Waals surface area contributed by atoms with Gasteiger partial charge in [0.15, 0.2) is 0 Å². The lowest BCUT2D eigenvalue weighted by Gasteiger charge is -2.18. The minimum atomic E-state index is -3.52. The number of nitrogens with zero attached hydrogens (tertiary/aromatic N) is 3. The number of pyridine rings is 1. The van der Waals surface area contributed by atoms with Gasteiger partial charge in [-0.3, -0.25) is 4.79 Å². The summed E-state index contributed by atoms with van der Waals surface area (Å²) in [4.78, 5) is 18.2. The summed E-state index contributed by atoms with van der Waals surface area (Å²) in [6.07, 6.45) is 1.34. The molecular weight excluding hydrogens is 386 g/mol. The lowest BCUT2D eigenvalue weighted by Crippen LogP contribution is -2.30. The monoisotopic (exact) mass is 411 g/mol. The van der Waals surface area contributed by atoms with Gasteiger partial charge in [0.05, 0.1) is 17.3 Å². The molecule has 0 saturated heterocycles. The second-order valence-corrected chi connectivity index (χ2v) is 8.91. The van der Waals surface area contributed by atoms with E-state index in [-0.39, 0.29) is 16.6 Å². The number of rotatable bonds is 9. The molecule has 0 aliphatic heterocycles. The predicted molar refractivity (Wildman–Crippen MR) is 105 cm³/mol. The maximum atomic E-state index is 12.4. The fourth-order valence-electron chi connectivity index (χ4n) is 2.46. The van der Waals surface area contributed by atoms with Gasteiger partial charge in [-0.1, -0.05) is 25.6 Å². The number of hydrogen-bond donors (Lipinski definition) is 0. The van der Waals surface area contributed by atoms with Crippen molar-refractivity contribution in [3.8, 4) is 0 Å². The molecule has 0 spiro atoms. The van der Waals surface area contributed by atoms with Gasteiger partial charge in [0, 0.05) is 26.3 Å². The molecule has 2 aromatic heterocycles. The van der Waals surface area contributed by atoms with Gasteiger partial charge in [-0.15, -0.1) is 0 Å². The van der Waals surface area contributed by atoms with Crippen LogP contribution in [0.25, 0.3) is 0 Å². The highest BCUT2D eigenvalue weighted by molar-refractivity contribution is 7.99. The number of amides is 1. The molecule has 0 atom stereocenters. The number of sulfonamides is 1. The van der Waals surface area contributed by atoms with Crippen molar-refractivity contribution in [3.63, 3.8) is 0 Å². The van der Waals surface area contributed by atoms with Crippen molar-refractivity contribution in [2.45, 2.75) is 37.2 Å². The summed E-state index contributed by atoms with van der Waals surface area (Å²) in [7, 11) is -1.80. The normalized spacial score (nSPS) is 11.7. The minimum absolute atomic E-state index is 0.0595. The van der Waals surface area contributed by atoms with Crippen LogP contribution in [0.4, 0.5) is 0 Å². The van der Waals surface area contributed by atoms with Crippen molar-refractivity contribution in [2.24, 2.45) is 0 Å². The van der Waals surface area contributed by atoms with Crippen molar-refractivity contribution in [1.29, 1.82) is 0 Å². The molecule has 148 valence electrons. The minimum Gasteiger partial charge on any atom is -0.464 e. The Balaban J connectivity index is 1.93. The van der Waals surface area contributed by atoms with Gasteiger partial charge in [0.2, 0.25) is 15.9 Å². The molecule has 9 heteroatoms. The fraction of sp³-hybridized carbons (Fsp3) is 0.444. The van der Waals surface area contributed by atoms with Crippen LogP contribution >= 0.6 is 11.8 Å². The van der Waals surface area contributed by atoms with Crippen molar-refractivity contribution in [2.75, 3.05) is 25.9 Å². The number of carbonyl (C=O) groups is 1. The average molecular weight is 412 g/mol. The van der Waals surface area contributed by atoms with Crippen LogP contribution in [-0.4, -0.2) is 54.4 Å². The van der Waals surface area contributed by atoms with Gasteiger partial charge in [-0.2, -0.15) is 4.31 Å². The van der Waals surface area contributed by atoms with Gasteiger partial charge in [-0.25, -0.2) is 13.4 Å². The van der Waals surface area contributed by atoms with Crippen LogP contribution in [0, 0.1) is 6.92 Å². The first-order chi connectivity index (χ1) is 12.8. The van der Waals surface area contributed by atoms with E-state index < -0.39 is 10.0 Å². The Bertz CT molecular complexity index is 859. The summed E-state index contributed by atoms with van der Waals surface area (Å²) in [5.41, 5.74) is 0. The highest BCUT2D eigenvalue weighted by Crippen LogP contribution is 2.20. The summed E-state index contributed by atoms with van der Waals surface area (Å²) in [5.74, 6) is 1.70. The first-order valence-corrected chi connectivity index (χ1v) is 11.1. The van der Waals surface area contributed by atoms with Crippen LogP contribution in [0.2, 0.25) is 0 Å². The molecule has 1 amide bonds. The summed E-state index contributed by atoms with van der Waals surface area (Å²) in [6.45, 7) is 6.67. The predicted octanol–water partition coefficient (Wildman–Crippen LogP) is 2.76. The van der Waals surface area contributed by atoms with E-state index in [9.17, 15) is 13.2 Å². The van der Waals surface area contributed by atoms with Crippen molar-refractivity contribution >= 4 is 27.7 Å². The Morgan fingerprint density at radius 1 is 1.19 bits per heavy atom. The third-order valence-corrected chi connectivity index (χ3v) is 6.97. The number of furan rings is 1. The van der Waals surface area contributed by atoms with Crippen LogP contribution in [0.5, 0.6) is 0 Å². The molecule has 2 heterocycles. The molecule has 7 nitrogen and oxygen atoms in total. The summed E-state index contributed by atoms with van der Waals surface area (Å²) >= 11 is 1.27. The molecule has 2 rings (SSSR count). The first-order valence-electron chi connectivity index (χ1n) is 8.66. The van der Waals surface area contributed by atoms with E-state index in [0.29, 0.717) is 24.7 Å². The highest BCUT2D eigenvalue weighted by atomic mass is 32.2. The molecule has 0 aliphatic carbocycles. The number of carbonyl (C=O) groups excluding carboxylic acids is 1. The maximum Gasteiger partial charge on any atom is 0.244 e. The van der Waals surface area contributed by atoms with Gasteiger partial charge in [-0.05, 0) is 31.2 Å². The van der Waals surface area contributed by atoms with E-state index in [1.54, 1.807) is 31.9 Å². The van der Waals surface area contributed by atoms with Crippen LogP contribution in [-0.2, 0) is 21.4 Å². The number of thioether (sulfide) groups is 1. The molecule has 0 fully saturated rings. The molecule has 0 aromatic carbocycles. The zero-order valence-corrected chi connectivity index (χ0v) is 17.6. The number of hydrogen-bond acceptors (Lipinski definition) is 6. The van der Waals surface area contributed by atoms with Gasteiger partial charge in [0.1, 0.15) is 16.4 Å². The van der Waals surface area contributed by atoms with Gasteiger partial charge in [0.25, 0.3) is 0 Å². The van der Waals surface area contributed by atoms with E-state index >= 15 is 0 Å². The Morgan fingerprint density at radius 3 is 2.41 bits per heavy atom. The zero-order chi connectivity index (χ0) is 20.0. The van der Waals surface area contributed by atoms with Crippen molar-refractivity contribution < 1.29 is 17.6 Å². The smallest absolute Gasteiger partial charge is 0.244 e. The third kappa shape index (κ3) is 5.57. The first kappa shape index (κ1) is 21.5. The fourth-order valence-corrected chi connectivity index (χ4v) is 4.64. The lowest BCUT2D eigenvalue weighted by atomic mass is 10.4. The highest BCUT2D eigenvalue weighted by Gasteiger charge is 2.22. The second kappa shape index (κ2) is 9.38. The third-order valence-electron chi connectivity index (χ3n) is 4.01. The molecule has 2 aromatic rings. The van der Waals surface area contributed by atoms with E-state index in [1.165, 1.54) is 28.3 Å². The van der Waals surface area contributed by atoms with E-state index in [1.807, 2.05) is 19.1 Å². The molecule has 27 heavy (non-hydrogen) atoms. The standard InChI is InChI=1S/C18H25N3O4S2/c1-5-21(6-2)27(23,24)16-9-10-17(19-11-16)26-13-18(22)20(4)12-15-8-7-14(3)25-15/h7-11H,5-6,12-13H2,1-4H3. The number of aromatic nitrogens is 1. The maximum absolute atomic E-state index is 12.4. The molecule has 0 bridgehead atoms. The second-order valence-electron chi connectivity index (χ2n) is 5.97. The summed E-state index contributed by atoms with van der Waals surface area (Å²) < 4.78 is 31.7. The molecule has 0 aliphatic rings. The topological polar surface area (TPSA) is 83.7 Å². The van der Waals surface area contributed by atoms with Crippen molar-refractivity contribution in [1.82, 2.24) is 14.2 Å². The molecule has 0 saturated carbocycles. The Morgan fingerprint density at radius 2 is 1.89 bits per heavy atom. The average Bonchev–Trinajstić information content (AvgIpc) is 3.05. The lowest BCUT2D eigenvalue weighted by molar-refractivity contribution is -0.127. The quantitative estimate of drug-likeness (QED) is 0.590. The summed E-state index contributed by atoms with van der Waals surface area (Å²) in [5, 5.41) is 0.601. The van der Waals surface area contributed by atoms with Gasteiger partial charge >= 0.3 is 0 Å². The van der Waals surface area contributed by atoms with Crippen LogP contribution < -0.4 is 0 Å². The largest absolute Gasteiger partial charge is 0.464 e. The molecule has 0 unspecified atom stereocenters. The van der Waals surface area contributed by atoms with Crippen LogP contribution in [0.1, 0.15) is 25.4 Å². The van der Waals surface area contributed by atoms with Crippen LogP contribution in [0.15, 0.2) is 44.8 Å². The Hall–Kier alpha value is -1.84. The molecule has 0 N–H and O–H groups in total. The van der Waals surface area contributed by atoms with Crippen LogP contribution in [0.3, 0.4) is 0 Å². The van der Waals surface area contributed by atoms with E-state index in [0.717, 1.165) is 11.5 Å². The van der Waals surface area contributed by atoms with Gasteiger partial charge < -0.3 is 9.32 Å². The van der Waals surface area contributed by atoms with E-state index in [2.05, 4.69) is 4.98 Å². The SMILES string of the molecule is CCN(CC)S(=O)(=O)c1ccc(SCC(=O)N(C)Cc2ccc(C)o2)nc1. The molecule has 0 radical (unpaired) electrons. The molecular formula is C18H25N3O4S2. The number of aryl methyl sites for hydroxylation is 1. The summed E-state index contributed by atoms with van der Waals surface area (Å²) in [6, 6.07) is 6.87. The van der Waals surface area contributed by atoms with E-state index in [4.69, 9.17) is 4.42 Å². The Kier molecular flexibility index (Phi) is 7.46.